The van der Waals surface area contributed by atoms with E-state index in [9.17, 15) is 21.6 Å². The summed E-state index contributed by atoms with van der Waals surface area (Å²) in [7, 11) is -5.55. The maximum atomic E-state index is 11.8. The van der Waals surface area contributed by atoms with Crippen molar-refractivity contribution in [3.63, 3.8) is 0 Å². The van der Waals surface area contributed by atoms with Gasteiger partial charge in [0, 0.05) is 0 Å². The Balaban J connectivity index is 0.00000196. The topological polar surface area (TPSA) is 43.4 Å². The van der Waals surface area contributed by atoms with E-state index in [1.165, 1.54) is 18.2 Å². The highest BCUT2D eigenvalue weighted by Gasteiger charge is 2.48. The SMILES string of the molecule is Cl.O=S(=O)(Oc1ccccc1)C(F)(F)F. The fourth-order valence-corrected chi connectivity index (χ4v) is 1.11. The van der Waals surface area contributed by atoms with Crippen LogP contribution < -0.4 is 4.18 Å². The standard InChI is InChI=1S/C7H5F3O3S.ClH/c8-7(9,10)14(11,12)13-6-4-2-1-3-5-6;/h1-5H;1H. The van der Waals surface area contributed by atoms with E-state index in [4.69, 9.17) is 0 Å². The van der Waals surface area contributed by atoms with Gasteiger partial charge >= 0.3 is 15.6 Å². The molecular weight excluding hydrogens is 257 g/mol. The van der Waals surface area contributed by atoms with Crippen molar-refractivity contribution in [1.29, 1.82) is 0 Å². The summed E-state index contributed by atoms with van der Waals surface area (Å²) in [4.78, 5) is 0. The Hall–Kier alpha value is -0.950. The summed E-state index contributed by atoms with van der Waals surface area (Å²) in [5, 5.41) is 0. The third kappa shape index (κ3) is 3.60. The van der Waals surface area contributed by atoms with E-state index in [1.54, 1.807) is 0 Å². The summed E-state index contributed by atoms with van der Waals surface area (Å²) in [6.07, 6.45) is 0. The van der Waals surface area contributed by atoms with Gasteiger partial charge in [0.05, 0.1) is 0 Å². The van der Waals surface area contributed by atoms with Crippen molar-refractivity contribution in [1.82, 2.24) is 0 Å². The zero-order chi connectivity index (χ0) is 10.8. The van der Waals surface area contributed by atoms with E-state index in [2.05, 4.69) is 4.18 Å². The maximum absolute atomic E-state index is 11.8. The number of rotatable bonds is 2. The van der Waals surface area contributed by atoms with Gasteiger partial charge in [0.15, 0.2) is 0 Å². The molecular formula is C7H6ClF3O3S. The van der Waals surface area contributed by atoms with Gasteiger partial charge in [-0.1, -0.05) is 18.2 Å². The Kier molecular flexibility index (Phi) is 4.42. The van der Waals surface area contributed by atoms with Crippen LogP contribution in [0.2, 0.25) is 0 Å². The molecule has 15 heavy (non-hydrogen) atoms. The number of hydrogen-bond donors (Lipinski definition) is 0. The van der Waals surface area contributed by atoms with Crippen LogP contribution >= 0.6 is 12.4 Å². The lowest BCUT2D eigenvalue weighted by atomic mass is 10.3. The summed E-state index contributed by atoms with van der Waals surface area (Å²) in [5.41, 5.74) is -5.40. The van der Waals surface area contributed by atoms with Gasteiger partial charge in [-0.05, 0) is 12.1 Å². The molecule has 0 heterocycles. The number of hydrogen-bond acceptors (Lipinski definition) is 3. The smallest absolute Gasteiger partial charge is 0.376 e. The van der Waals surface area contributed by atoms with Crippen molar-refractivity contribution in [3.05, 3.63) is 30.3 Å². The van der Waals surface area contributed by atoms with Gasteiger partial charge in [-0.25, -0.2) is 0 Å². The van der Waals surface area contributed by atoms with Gasteiger partial charge in [-0.3, -0.25) is 0 Å². The van der Waals surface area contributed by atoms with Crippen molar-refractivity contribution < 1.29 is 25.8 Å². The van der Waals surface area contributed by atoms with Gasteiger partial charge in [-0.15, -0.1) is 12.4 Å². The predicted molar refractivity (Wildman–Crippen MR) is 49.3 cm³/mol. The molecule has 86 valence electrons. The van der Waals surface area contributed by atoms with E-state index in [-0.39, 0.29) is 18.2 Å². The third-order valence-electron chi connectivity index (χ3n) is 1.23. The maximum Gasteiger partial charge on any atom is 0.534 e. The monoisotopic (exact) mass is 262 g/mol. The minimum atomic E-state index is -5.55. The molecule has 0 fully saturated rings. The molecule has 0 N–H and O–H groups in total. The molecule has 0 aromatic heterocycles. The molecule has 0 unspecified atom stereocenters. The average Bonchev–Trinajstić information content (AvgIpc) is 2.03. The van der Waals surface area contributed by atoms with Crippen LogP contribution in [0.1, 0.15) is 0 Å². The second kappa shape index (κ2) is 4.71. The summed E-state index contributed by atoms with van der Waals surface area (Å²) in [6, 6.07) is 6.47. The van der Waals surface area contributed by atoms with E-state index >= 15 is 0 Å². The highest BCUT2D eigenvalue weighted by atomic mass is 35.5. The summed E-state index contributed by atoms with van der Waals surface area (Å²) in [6.45, 7) is 0. The number of halogens is 4. The molecule has 0 amide bonds. The zero-order valence-electron chi connectivity index (χ0n) is 7.06. The van der Waals surface area contributed by atoms with Gasteiger partial charge in [0.1, 0.15) is 5.75 Å². The van der Waals surface area contributed by atoms with E-state index in [0.717, 1.165) is 12.1 Å². The first-order valence-corrected chi connectivity index (χ1v) is 4.79. The van der Waals surface area contributed by atoms with Crippen LogP contribution in [0.5, 0.6) is 5.75 Å². The van der Waals surface area contributed by atoms with Crippen molar-refractivity contribution in [3.8, 4) is 5.75 Å². The Morgan fingerprint density at radius 1 is 1.07 bits per heavy atom. The first kappa shape index (κ1) is 14.1. The minimum Gasteiger partial charge on any atom is -0.376 e. The van der Waals surface area contributed by atoms with Crippen molar-refractivity contribution in [2.24, 2.45) is 0 Å². The average molecular weight is 263 g/mol. The van der Waals surface area contributed by atoms with Crippen molar-refractivity contribution >= 4 is 22.5 Å². The van der Waals surface area contributed by atoms with Crippen LogP contribution in [0, 0.1) is 0 Å². The third-order valence-corrected chi connectivity index (χ3v) is 2.21. The Morgan fingerprint density at radius 3 is 1.93 bits per heavy atom. The molecule has 0 saturated carbocycles. The Morgan fingerprint density at radius 2 is 1.53 bits per heavy atom. The van der Waals surface area contributed by atoms with Crippen molar-refractivity contribution in [2.45, 2.75) is 5.51 Å². The second-order valence-corrected chi connectivity index (χ2v) is 3.83. The van der Waals surface area contributed by atoms with Crippen LogP contribution in [-0.2, 0) is 10.1 Å². The van der Waals surface area contributed by atoms with Gasteiger partial charge in [-0.2, -0.15) is 21.6 Å². The van der Waals surface area contributed by atoms with Gasteiger partial charge in [0.2, 0.25) is 0 Å². The number of para-hydroxylation sites is 1. The second-order valence-electron chi connectivity index (χ2n) is 2.30. The molecule has 3 nitrogen and oxygen atoms in total. The number of alkyl halides is 3. The molecule has 0 atom stereocenters. The predicted octanol–water partition coefficient (Wildman–Crippen LogP) is 2.34. The van der Waals surface area contributed by atoms with Crippen LogP contribution in [0.25, 0.3) is 0 Å². The van der Waals surface area contributed by atoms with E-state index < -0.39 is 15.6 Å². The minimum absolute atomic E-state index is 0. The molecule has 8 heteroatoms. The first-order chi connectivity index (χ1) is 6.33. The molecule has 0 radical (unpaired) electrons. The fraction of sp³-hybridized carbons (Fsp3) is 0.143. The lowest BCUT2D eigenvalue weighted by Gasteiger charge is -2.08. The normalized spacial score (nSPS) is 11.7. The Labute approximate surface area is 90.4 Å². The van der Waals surface area contributed by atoms with E-state index in [1.807, 2.05) is 0 Å². The lowest BCUT2D eigenvalue weighted by Crippen LogP contribution is -2.27. The number of benzene rings is 1. The van der Waals surface area contributed by atoms with Gasteiger partial charge < -0.3 is 4.18 Å². The Bertz CT molecular complexity index is 401. The molecule has 0 aliphatic rings. The summed E-state index contributed by atoms with van der Waals surface area (Å²) < 4.78 is 60.2. The molecule has 0 spiro atoms. The molecule has 0 aliphatic heterocycles. The highest BCUT2D eigenvalue weighted by Crippen LogP contribution is 2.26. The lowest BCUT2D eigenvalue weighted by molar-refractivity contribution is -0.0500. The van der Waals surface area contributed by atoms with Crippen LogP contribution in [0.3, 0.4) is 0 Å². The molecule has 1 aromatic rings. The summed E-state index contributed by atoms with van der Waals surface area (Å²) in [5.74, 6) is -0.371. The quantitative estimate of drug-likeness (QED) is 0.607. The van der Waals surface area contributed by atoms with E-state index in [0.29, 0.717) is 0 Å². The zero-order valence-corrected chi connectivity index (χ0v) is 8.69. The fourth-order valence-electron chi connectivity index (χ4n) is 0.650. The largest absolute Gasteiger partial charge is 0.534 e. The van der Waals surface area contributed by atoms with Crippen LogP contribution in [0.15, 0.2) is 30.3 Å². The summed E-state index contributed by atoms with van der Waals surface area (Å²) >= 11 is 0. The molecule has 0 bridgehead atoms. The van der Waals surface area contributed by atoms with Gasteiger partial charge in [0.25, 0.3) is 0 Å². The van der Waals surface area contributed by atoms with Crippen molar-refractivity contribution in [2.75, 3.05) is 0 Å². The van der Waals surface area contributed by atoms with Crippen LogP contribution in [-0.4, -0.2) is 13.9 Å². The molecule has 0 saturated heterocycles. The molecule has 1 aromatic carbocycles. The molecule has 1 rings (SSSR count). The first-order valence-electron chi connectivity index (χ1n) is 3.39. The van der Waals surface area contributed by atoms with Crippen LogP contribution in [0.4, 0.5) is 13.2 Å². The highest BCUT2D eigenvalue weighted by molar-refractivity contribution is 7.87. The molecule has 0 aliphatic carbocycles.